The highest BCUT2D eigenvalue weighted by Crippen LogP contribution is 2.50. The molecule has 86 valence electrons. The molecule has 1 heterocycles. The summed E-state index contributed by atoms with van der Waals surface area (Å²) in [5.41, 5.74) is 1.94. The van der Waals surface area contributed by atoms with Gasteiger partial charge in [-0.1, -0.05) is 6.42 Å². The molecule has 0 bridgehead atoms. The Morgan fingerprint density at radius 1 is 1.31 bits per heavy atom. The fourth-order valence-corrected chi connectivity index (χ4v) is 3.29. The Morgan fingerprint density at radius 3 is 2.62 bits per heavy atom. The number of hydrogen-bond donors (Lipinski definition) is 0. The normalized spacial score (nSPS) is 21.5. The molecule has 2 aliphatic rings. The van der Waals surface area contributed by atoms with Crippen molar-refractivity contribution < 1.29 is 4.74 Å². The zero-order valence-electron chi connectivity index (χ0n) is 9.50. The minimum Gasteiger partial charge on any atom is -0.497 e. The van der Waals surface area contributed by atoms with Gasteiger partial charge in [0.1, 0.15) is 5.75 Å². The van der Waals surface area contributed by atoms with E-state index in [9.17, 15) is 0 Å². The molecule has 2 fully saturated rings. The van der Waals surface area contributed by atoms with Gasteiger partial charge < -0.3 is 9.64 Å². The highest BCUT2D eigenvalue weighted by Gasteiger charge is 2.47. The monoisotopic (exact) mass is 281 g/mol. The number of hydrogen-bond acceptors (Lipinski definition) is 2. The molecule has 0 aromatic heterocycles. The maximum Gasteiger partial charge on any atom is 0.121 e. The SMILES string of the molecule is COc1ccc(Br)c(N2CC3(CCC3)C2)c1. The zero-order valence-corrected chi connectivity index (χ0v) is 11.1. The average Bonchev–Trinajstić information content (AvgIpc) is 2.16. The molecule has 1 aliphatic carbocycles. The van der Waals surface area contributed by atoms with E-state index in [1.54, 1.807) is 7.11 Å². The van der Waals surface area contributed by atoms with Gasteiger partial charge in [-0.3, -0.25) is 0 Å². The Morgan fingerprint density at radius 2 is 2.06 bits per heavy atom. The van der Waals surface area contributed by atoms with Crippen molar-refractivity contribution in [2.24, 2.45) is 5.41 Å². The predicted octanol–water partition coefficient (Wildman–Crippen LogP) is 3.45. The number of rotatable bonds is 2. The van der Waals surface area contributed by atoms with Crippen LogP contribution in [0.4, 0.5) is 5.69 Å². The van der Waals surface area contributed by atoms with E-state index >= 15 is 0 Å². The second kappa shape index (κ2) is 3.66. The predicted molar refractivity (Wildman–Crippen MR) is 69.2 cm³/mol. The Labute approximate surface area is 105 Å². The first-order chi connectivity index (χ1) is 7.72. The summed E-state index contributed by atoms with van der Waals surface area (Å²) >= 11 is 3.62. The second-order valence-corrected chi connectivity index (χ2v) is 5.88. The van der Waals surface area contributed by atoms with E-state index in [1.807, 2.05) is 6.07 Å². The van der Waals surface area contributed by atoms with Gasteiger partial charge in [-0.15, -0.1) is 0 Å². The van der Waals surface area contributed by atoms with Crippen molar-refractivity contribution in [2.45, 2.75) is 19.3 Å². The van der Waals surface area contributed by atoms with Crippen molar-refractivity contribution in [1.29, 1.82) is 0 Å². The molecule has 2 nitrogen and oxygen atoms in total. The van der Waals surface area contributed by atoms with E-state index in [2.05, 4.69) is 33.0 Å². The smallest absolute Gasteiger partial charge is 0.121 e. The fraction of sp³-hybridized carbons (Fsp3) is 0.538. The minimum absolute atomic E-state index is 0.669. The van der Waals surface area contributed by atoms with Crippen LogP contribution in [0.3, 0.4) is 0 Å². The van der Waals surface area contributed by atoms with Crippen molar-refractivity contribution in [3.8, 4) is 5.75 Å². The number of nitrogens with zero attached hydrogens (tertiary/aromatic N) is 1. The van der Waals surface area contributed by atoms with Crippen LogP contribution in [-0.2, 0) is 0 Å². The lowest BCUT2D eigenvalue weighted by Gasteiger charge is -2.57. The van der Waals surface area contributed by atoms with E-state index < -0.39 is 0 Å². The maximum absolute atomic E-state index is 5.27. The van der Waals surface area contributed by atoms with E-state index in [-0.39, 0.29) is 0 Å². The van der Waals surface area contributed by atoms with Crippen LogP contribution >= 0.6 is 15.9 Å². The molecule has 0 amide bonds. The van der Waals surface area contributed by atoms with Crippen molar-refractivity contribution in [3.05, 3.63) is 22.7 Å². The molecule has 16 heavy (non-hydrogen) atoms. The van der Waals surface area contributed by atoms with Gasteiger partial charge in [0.25, 0.3) is 0 Å². The Hall–Kier alpha value is -0.700. The molecule has 1 aromatic carbocycles. The van der Waals surface area contributed by atoms with Crippen LogP contribution in [0, 0.1) is 5.41 Å². The molecule has 3 heteroatoms. The Kier molecular flexibility index (Phi) is 2.39. The van der Waals surface area contributed by atoms with Gasteiger partial charge in [-0.2, -0.15) is 0 Å². The first kappa shape index (κ1) is 10.5. The third-order valence-electron chi connectivity index (χ3n) is 3.96. The van der Waals surface area contributed by atoms with Gasteiger partial charge in [-0.05, 0) is 40.9 Å². The van der Waals surface area contributed by atoms with E-state index in [0.717, 1.165) is 5.75 Å². The second-order valence-electron chi connectivity index (χ2n) is 5.03. The molecule has 0 N–H and O–H groups in total. The molecule has 0 atom stereocenters. The van der Waals surface area contributed by atoms with Crippen LogP contribution in [0.15, 0.2) is 22.7 Å². The molecule has 3 rings (SSSR count). The van der Waals surface area contributed by atoms with Crippen LogP contribution in [0.5, 0.6) is 5.75 Å². The number of anilines is 1. The largest absolute Gasteiger partial charge is 0.497 e. The quantitative estimate of drug-likeness (QED) is 0.823. The van der Waals surface area contributed by atoms with Gasteiger partial charge >= 0.3 is 0 Å². The van der Waals surface area contributed by atoms with Crippen LogP contribution < -0.4 is 9.64 Å². The average molecular weight is 282 g/mol. The summed E-state index contributed by atoms with van der Waals surface area (Å²) in [7, 11) is 1.72. The highest BCUT2D eigenvalue weighted by molar-refractivity contribution is 9.10. The lowest BCUT2D eigenvalue weighted by molar-refractivity contribution is 0.0902. The lowest BCUT2D eigenvalue weighted by Crippen LogP contribution is -2.59. The van der Waals surface area contributed by atoms with Crippen LogP contribution in [-0.4, -0.2) is 20.2 Å². The van der Waals surface area contributed by atoms with E-state index in [0.29, 0.717) is 5.41 Å². The van der Waals surface area contributed by atoms with Crippen molar-refractivity contribution in [3.63, 3.8) is 0 Å². The van der Waals surface area contributed by atoms with Gasteiger partial charge in [0.15, 0.2) is 0 Å². The molecular formula is C13H16BrNO. The maximum atomic E-state index is 5.27. The van der Waals surface area contributed by atoms with Gasteiger partial charge in [0.05, 0.1) is 12.8 Å². The summed E-state index contributed by atoms with van der Waals surface area (Å²) in [6.07, 6.45) is 4.27. The first-order valence-corrected chi connectivity index (χ1v) is 6.60. The summed E-state index contributed by atoms with van der Waals surface area (Å²) < 4.78 is 6.44. The van der Waals surface area contributed by atoms with Crippen molar-refractivity contribution >= 4 is 21.6 Å². The molecule has 1 spiro atoms. The summed E-state index contributed by atoms with van der Waals surface area (Å²) in [5, 5.41) is 0. The van der Waals surface area contributed by atoms with Crippen LogP contribution in [0.2, 0.25) is 0 Å². The highest BCUT2D eigenvalue weighted by atomic mass is 79.9. The number of methoxy groups -OCH3 is 1. The molecular weight excluding hydrogens is 266 g/mol. The number of halogens is 1. The summed E-state index contributed by atoms with van der Waals surface area (Å²) in [4.78, 5) is 2.45. The Balaban J connectivity index is 1.79. The van der Waals surface area contributed by atoms with Gasteiger partial charge in [0, 0.05) is 29.0 Å². The van der Waals surface area contributed by atoms with Crippen molar-refractivity contribution in [2.75, 3.05) is 25.1 Å². The number of benzene rings is 1. The molecule has 1 saturated heterocycles. The third kappa shape index (κ3) is 1.53. The summed E-state index contributed by atoms with van der Waals surface area (Å²) in [6.45, 7) is 2.44. The molecule has 1 saturated carbocycles. The van der Waals surface area contributed by atoms with E-state index in [1.165, 1.54) is 42.5 Å². The topological polar surface area (TPSA) is 12.5 Å². The first-order valence-electron chi connectivity index (χ1n) is 5.81. The molecule has 1 aromatic rings. The van der Waals surface area contributed by atoms with Crippen LogP contribution in [0.25, 0.3) is 0 Å². The van der Waals surface area contributed by atoms with Gasteiger partial charge in [0.2, 0.25) is 0 Å². The number of ether oxygens (including phenoxy) is 1. The van der Waals surface area contributed by atoms with E-state index in [4.69, 9.17) is 4.74 Å². The summed E-state index contributed by atoms with van der Waals surface area (Å²) in [6, 6.07) is 6.18. The molecule has 0 radical (unpaired) electrons. The molecule has 1 aliphatic heterocycles. The summed E-state index contributed by atoms with van der Waals surface area (Å²) in [5.74, 6) is 0.938. The fourth-order valence-electron chi connectivity index (χ4n) is 2.79. The van der Waals surface area contributed by atoms with Gasteiger partial charge in [-0.25, -0.2) is 0 Å². The van der Waals surface area contributed by atoms with Crippen molar-refractivity contribution in [1.82, 2.24) is 0 Å². The third-order valence-corrected chi connectivity index (χ3v) is 4.63. The van der Waals surface area contributed by atoms with Crippen LogP contribution in [0.1, 0.15) is 19.3 Å². The Bertz CT molecular complexity index is 406. The lowest BCUT2D eigenvalue weighted by atomic mass is 9.63. The zero-order chi connectivity index (χ0) is 11.2. The minimum atomic E-state index is 0.669. The molecule has 0 unspecified atom stereocenters. The standard InChI is InChI=1S/C13H16BrNO/c1-16-10-3-4-11(14)12(7-10)15-8-13(9-15)5-2-6-13/h3-4,7H,2,5-6,8-9H2,1H3.